The molecule has 3 aromatic rings. The molecule has 0 amide bonds. The molecule has 3 heterocycles. The number of nitrogens with zero attached hydrogens (tertiary/aromatic N) is 1. The molecule has 0 aliphatic carbocycles. The Morgan fingerprint density at radius 1 is 1.23 bits per heavy atom. The van der Waals surface area contributed by atoms with Crippen LogP contribution in [-0.2, 0) is 0 Å². The number of ether oxygens (including phenoxy) is 2. The summed E-state index contributed by atoms with van der Waals surface area (Å²) in [4.78, 5) is 18.4. The molecule has 4 rings (SSSR count). The molecule has 0 unspecified atom stereocenters. The van der Waals surface area contributed by atoms with E-state index in [0.29, 0.717) is 27.6 Å². The highest BCUT2D eigenvalue weighted by atomic mass is 32.1. The van der Waals surface area contributed by atoms with Gasteiger partial charge in [-0.25, -0.2) is 4.98 Å². The van der Waals surface area contributed by atoms with E-state index in [0.717, 1.165) is 15.9 Å². The Morgan fingerprint density at radius 2 is 2.05 bits per heavy atom. The summed E-state index contributed by atoms with van der Waals surface area (Å²) in [6.45, 7) is 2.09. The van der Waals surface area contributed by atoms with Crippen LogP contribution in [0.5, 0.6) is 11.5 Å². The molecular weight excluding hydrogens is 300 g/mol. The fourth-order valence-electron chi connectivity index (χ4n) is 2.43. The molecule has 1 aromatic carbocycles. The van der Waals surface area contributed by atoms with Gasteiger partial charge in [0.15, 0.2) is 11.5 Å². The Bertz CT molecular complexity index is 917. The summed E-state index contributed by atoms with van der Waals surface area (Å²) in [6, 6.07) is 8.94. The lowest BCUT2D eigenvalue weighted by molar-refractivity contribution is 0.104. The molecule has 0 atom stereocenters. The number of pyridine rings is 1. The molecule has 0 radical (unpaired) electrons. The Morgan fingerprint density at radius 3 is 2.91 bits per heavy atom. The minimum absolute atomic E-state index is 0.128. The fourth-order valence-corrected chi connectivity index (χ4v) is 3.53. The smallest absolute Gasteiger partial charge is 0.231 e. The third kappa shape index (κ3) is 1.92. The first kappa shape index (κ1) is 13.1. The van der Waals surface area contributed by atoms with E-state index in [1.54, 1.807) is 18.2 Å². The number of carbonyl (C=O) groups excluding carboxylic acids is 1. The summed E-state index contributed by atoms with van der Waals surface area (Å²) in [5, 5.41) is 0.819. The van der Waals surface area contributed by atoms with Crippen molar-refractivity contribution in [2.45, 2.75) is 6.92 Å². The van der Waals surface area contributed by atoms with E-state index < -0.39 is 0 Å². The molecule has 22 heavy (non-hydrogen) atoms. The number of hydrogen-bond acceptors (Lipinski definition) is 6. The lowest BCUT2D eigenvalue weighted by atomic mass is 10.1. The van der Waals surface area contributed by atoms with E-state index in [9.17, 15) is 4.79 Å². The molecule has 0 bridgehead atoms. The summed E-state index contributed by atoms with van der Waals surface area (Å²) in [7, 11) is 0. The number of carbonyl (C=O) groups is 1. The average molecular weight is 312 g/mol. The van der Waals surface area contributed by atoms with Gasteiger partial charge in [-0.1, -0.05) is 0 Å². The van der Waals surface area contributed by atoms with Crippen molar-refractivity contribution in [3.63, 3.8) is 0 Å². The molecule has 6 heteroatoms. The lowest BCUT2D eigenvalue weighted by Gasteiger charge is -2.02. The molecule has 1 aliphatic rings. The molecule has 2 aromatic heterocycles. The highest BCUT2D eigenvalue weighted by Crippen LogP contribution is 2.37. The van der Waals surface area contributed by atoms with Crippen molar-refractivity contribution in [3.05, 3.63) is 46.5 Å². The van der Waals surface area contributed by atoms with Gasteiger partial charge in [0.1, 0.15) is 9.71 Å². The number of aromatic nitrogens is 1. The lowest BCUT2D eigenvalue weighted by Crippen LogP contribution is -2.02. The number of hydrogen-bond donors (Lipinski definition) is 1. The first-order valence-corrected chi connectivity index (χ1v) is 7.55. The summed E-state index contributed by atoms with van der Waals surface area (Å²) >= 11 is 1.32. The van der Waals surface area contributed by atoms with Crippen LogP contribution in [0.2, 0.25) is 0 Å². The third-order valence-electron chi connectivity index (χ3n) is 3.57. The van der Waals surface area contributed by atoms with E-state index in [1.807, 2.05) is 19.1 Å². The predicted octanol–water partition coefficient (Wildman–Crippen LogP) is 3.15. The summed E-state index contributed by atoms with van der Waals surface area (Å²) < 4.78 is 10.6. The second kappa shape index (κ2) is 4.71. The number of anilines is 1. The molecular formula is C16H12N2O3S. The molecule has 0 fully saturated rings. The fraction of sp³-hybridized carbons (Fsp3) is 0.125. The summed E-state index contributed by atoms with van der Waals surface area (Å²) in [6.07, 6.45) is 0. The van der Waals surface area contributed by atoms with E-state index >= 15 is 0 Å². The van der Waals surface area contributed by atoms with E-state index in [4.69, 9.17) is 15.2 Å². The number of benzene rings is 1. The van der Waals surface area contributed by atoms with Crippen molar-refractivity contribution < 1.29 is 14.3 Å². The van der Waals surface area contributed by atoms with Crippen LogP contribution >= 0.6 is 11.3 Å². The van der Waals surface area contributed by atoms with Crippen LogP contribution in [0.1, 0.15) is 20.9 Å². The number of rotatable bonds is 2. The average Bonchev–Trinajstić information content (AvgIpc) is 3.10. The number of nitrogens with two attached hydrogens (primary N) is 1. The van der Waals surface area contributed by atoms with Gasteiger partial charge in [0.25, 0.3) is 0 Å². The summed E-state index contributed by atoms with van der Waals surface area (Å²) in [5.74, 6) is 1.11. The molecule has 0 saturated carbocycles. The zero-order valence-corrected chi connectivity index (χ0v) is 12.6. The number of nitrogen functional groups attached to an aromatic ring is 1. The SMILES string of the molecule is Cc1ccc2c(N)c(C(=O)c3ccc4c(c3)OCO4)sc2n1. The Balaban J connectivity index is 1.81. The number of thiophene rings is 1. The van der Waals surface area contributed by atoms with Crippen LogP contribution < -0.4 is 15.2 Å². The van der Waals surface area contributed by atoms with Crippen molar-refractivity contribution in [2.75, 3.05) is 12.5 Å². The predicted molar refractivity (Wildman–Crippen MR) is 84.8 cm³/mol. The highest BCUT2D eigenvalue weighted by Gasteiger charge is 2.21. The Kier molecular flexibility index (Phi) is 2.80. The zero-order chi connectivity index (χ0) is 15.3. The maximum absolute atomic E-state index is 12.7. The molecule has 1 aliphatic heterocycles. The second-order valence-corrected chi connectivity index (χ2v) is 6.05. The van der Waals surface area contributed by atoms with Gasteiger partial charge in [0.2, 0.25) is 12.6 Å². The Labute approximate surface area is 130 Å². The minimum atomic E-state index is -0.128. The van der Waals surface area contributed by atoms with Gasteiger partial charge in [-0.2, -0.15) is 0 Å². The van der Waals surface area contributed by atoms with Crippen molar-refractivity contribution in [1.82, 2.24) is 4.98 Å². The normalized spacial score (nSPS) is 12.8. The zero-order valence-electron chi connectivity index (χ0n) is 11.8. The third-order valence-corrected chi connectivity index (χ3v) is 4.69. The number of fused-ring (bicyclic) bond motifs is 2. The first-order valence-electron chi connectivity index (χ1n) is 6.73. The van der Waals surface area contributed by atoms with Gasteiger partial charge in [0.05, 0.1) is 5.69 Å². The maximum atomic E-state index is 12.7. The van der Waals surface area contributed by atoms with Crippen LogP contribution in [0, 0.1) is 6.92 Å². The first-order chi connectivity index (χ1) is 10.6. The van der Waals surface area contributed by atoms with Gasteiger partial charge >= 0.3 is 0 Å². The van der Waals surface area contributed by atoms with Crippen LogP contribution in [0.4, 0.5) is 5.69 Å². The molecule has 5 nitrogen and oxygen atoms in total. The van der Waals surface area contributed by atoms with E-state index in [-0.39, 0.29) is 12.6 Å². The van der Waals surface area contributed by atoms with Crippen LogP contribution in [-0.4, -0.2) is 17.6 Å². The second-order valence-electron chi connectivity index (χ2n) is 5.05. The topological polar surface area (TPSA) is 74.4 Å². The van der Waals surface area contributed by atoms with Crippen molar-refractivity contribution in [1.29, 1.82) is 0 Å². The van der Waals surface area contributed by atoms with Gasteiger partial charge in [0, 0.05) is 16.6 Å². The number of aryl methyl sites for hydroxylation is 1. The molecule has 0 saturated heterocycles. The van der Waals surface area contributed by atoms with Gasteiger partial charge in [-0.05, 0) is 37.3 Å². The van der Waals surface area contributed by atoms with Crippen LogP contribution in [0.15, 0.2) is 30.3 Å². The monoisotopic (exact) mass is 312 g/mol. The molecule has 110 valence electrons. The van der Waals surface area contributed by atoms with Crippen LogP contribution in [0.25, 0.3) is 10.2 Å². The highest BCUT2D eigenvalue weighted by molar-refractivity contribution is 7.21. The molecule has 0 spiro atoms. The van der Waals surface area contributed by atoms with E-state index in [1.165, 1.54) is 11.3 Å². The van der Waals surface area contributed by atoms with Crippen LogP contribution in [0.3, 0.4) is 0 Å². The van der Waals surface area contributed by atoms with Gasteiger partial charge in [-0.3, -0.25) is 4.79 Å². The van der Waals surface area contributed by atoms with Crippen molar-refractivity contribution in [3.8, 4) is 11.5 Å². The minimum Gasteiger partial charge on any atom is -0.454 e. The number of ketones is 1. The van der Waals surface area contributed by atoms with Gasteiger partial charge in [-0.15, -0.1) is 11.3 Å². The summed E-state index contributed by atoms with van der Waals surface area (Å²) in [5.41, 5.74) is 8.04. The molecule has 2 N–H and O–H groups in total. The standard InChI is InChI=1S/C16H12N2O3S/c1-8-2-4-10-13(17)15(22-16(10)18-8)14(19)9-3-5-11-12(6-9)21-7-20-11/h2-6H,7,17H2,1H3. The van der Waals surface area contributed by atoms with Crippen molar-refractivity contribution in [2.24, 2.45) is 0 Å². The van der Waals surface area contributed by atoms with Gasteiger partial charge < -0.3 is 15.2 Å². The van der Waals surface area contributed by atoms with Crippen molar-refractivity contribution >= 4 is 33.0 Å². The van der Waals surface area contributed by atoms with E-state index in [2.05, 4.69) is 4.98 Å². The largest absolute Gasteiger partial charge is 0.454 e. The Hall–Kier alpha value is -2.60. The quantitative estimate of drug-likeness (QED) is 0.736. The maximum Gasteiger partial charge on any atom is 0.231 e.